The van der Waals surface area contributed by atoms with Gasteiger partial charge >= 0.3 is 6.03 Å². The molecule has 3 N–H and O–H groups in total. The highest BCUT2D eigenvalue weighted by atomic mass is 16.3. The van der Waals surface area contributed by atoms with Crippen LogP contribution in [0.3, 0.4) is 0 Å². The van der Waals surface area contributed by atoms with Gasteiger partial charge in [-0.2, -0.15) is 0 Å². The van der Waals surface area contributed by atoms with E-state index in [1.165, 1.54) is 0 Å². The van der Waals surface area contributed by atoms with Gasteiger partial charge in [-0.05, 0) is 5.92 Å². The predicted octanol–water partition coefficient (Wildman–Crippen LogP) is -0.382. The zero-order chi connectivity index (χ0) is 11.3. The van der Waals surface area contributed by atoms with Crippen LogP contribution < -0.4 is 10.6 Å². The second kappa shape index (κ2) is 5.92. The number of aliphatic hydroxyl groups is 1. The summed E-state index contributed by atoms with van der Waals surface area (Å²) in [5.41, 5.74) is 0. The summed E-state index contributed by atoms with van der Waals surface area (Å²) in [7, 11) is 0. The lowest BCUT2D eigenvalue weighted by Gasteiger charge is -2.17. The van der Waals surface area contributed by atoms with Crippen molar-refractivity contribution in [3.05, 3.63) is 0 Å². The molecule has 1 atom stereocenters. The van der Waals surface area contributed by atoms with Gasteiger partial charge in [-0.15, -0.1) is 0 Å². The molecule has 0 saturated carbocycles. The van der Waals surface area contributed by atoms with Crippen molar-refractivity contribution < 1.29 is 9.90 Å². The number of rotatable bonds is 6. The Balaban J connectivity index is 2.04. The molecule has 0 bridgehead atoms. The normalized spacial score (nSPS) is 18.4. The first-order chi connectivity index (χ1) is 7.11. The number of carbonyl (C=O) groups excluding carboxylic acids is 1. The minimum Gasteiger partial charge on any atom is -0.392 e. The molecule has 0 radical (unpaired) electrons. The highest BCUT2D eigenvalue weighted by Gasteiger charge is 2.18. The fourth-order valence-corrected chi connectivity index (χ4v) is 1.42. The van der Waals surface area contributed by atoms with E-state index in [0.717, 1.165) is 19.6 Å². The first kappa shape index (κ1) is 12.3. The lowest BCUT2D eigenvalue weighted by atomic mass is 10.1. The van der Waals surface area contributed by atoms with Gasteiger partial charge in [0.15, 0.2) is 0 Å². The molecule has 0 aromatic rings. The van der Waals surface area contributed by atoms with Crippen molar-refractivity contribution in [3.63, 3.8) is 0 Å². The Labute approximate surface area is 90.8 Å². The smallest absolute Gasteiger partial charge is 0.317 e. The fourth-order valence-electron chi connectivity index (χ4n) is 1.42. The quantitative estimate of drug-likeness (QED) is 0.529. The topological polar surface area (TPSA) is 64.6 Å². The zero-order valence-electron chi connectivity index (χ0n) is 9.49. The van der Waals surface area contributed by atoms with Crippen molar-refractivity contribution in [2.75, 3.05) is 32.7 Å². The van der Waals surface area contributed by atoms with Gasteiger partial charge < -0.3 is 20.6 Å². The van der Waals surface area contributed by atoms with Gasteiger partial charge in [0.05, 0.1) is 6.10 Å². The maximum absolute atomic E-state index is 11.1. The molecule has 0 spiro atoms. The van der Waals surface area contributed by atoms with E-state index in [1.807, 2.05) is 13.8 Å². The molecule has 88 valence electrons. The third-order valence-electron chi connectivity index (χ3n) is 2.63. The van der Waals surface area contributed by atoms with Crippen LogP contribution in [0.4, 0.5) is 4.79 Å². The summed E-state index contributed by atoms with van der Waals surface area (Å²) in [5, 5.41) is 15.4. The van der Waals surface area contributed by atoms with Crippen LogP contribution in [0.15, 0.2) is 0 Å². The second-order valence-corrected chi connectivity index (χ2v) is 4.23. The van der Waals surface area contributed by atoms with Crippen LogP contribution >= 0.6 is 0 Å². The van der Waals surface area contributed by atoms with Crippen molar-refractivity contribution in [2.45, 2.75) is 20.0 Å². The maximum Gasteiger partial charge on any atom is 0.317 e. The highest BCUT2D eigenvalue weighted by molar-refractivity contribution is 5.76. The fraction of sp³-hybridized carbons (Fsp3) is 0.900. The molecule has 1 unspecified atom stereocenters. The lowest BCUT2D eigenvalue weighted by Crippen LogP contribution is -2.38. The molecule has 2 amide bonds. The van der Waals surface area contributed by atoms with Crippen LogP contribution in [0, 0.1) is 5.92 Å². The summed E-state index contributed by atoms with van der Waals surface area (Å²) in [6.45, 7) is 7.53. The van der Waals surface area contributed by atoms with Crippen LogP contribution in [-0.2, 0) is 0 Å². The number of aliphatic hydroxyl groups excluding tert-OH is 1. The molecule has 5 heteroatoms. The van der Waals surface area contributed by atoms with Gasteiger partial charge in [-0.25, -0.2) is 4.79 Å². The summed E-state index contributed by atoms with van der Waals surface area (Å²) in [5.74, 6) is 0.271. The van der Waals surface area contributed by atoms with Crippen molar-refractivity contribution in [2.24, 2.45) is 5.92 Å². The SMILES string of the molecule is CC(C)C(O)CNCCN1CCNC1=O. The third-order valence-corrected chi connectivity index (χ3v) is 2.63. The maximum atomic E-state index is 11.1. The van der Waals surface area contributed by atoms with Gasteiger partial charge in [0, 0.05) is 32.7 Å². The molecule has 1 aliphatic rings. The van der Waals surface area contributed by atoms with E-state index >= 15 is 0 Å². The molecule has 1 heterocycles. The molecule has 1 rings (SSSR count). The van der Waals surface area contributed by atoms with Crippen LogP contribution in [0.2, 0.25) is 0 Å². The standard InChI is InChI=1S/C10H21N3O2/c1-8(2)9(14)7-11-3-5-13-6-4-12-10(13)15/h8-9,11,14H,3-7H2,1-2H3,(H,12,15). The number of hydrogen-bond donors (Lipinski definition) is 3. The monoisotopic (exact) mass is 215 g/mol. The van der Waals surface area contributed by atoms with Gasteiger partial charge in [0.1, 0.15) is 0 Å². The van der Waals surface area contributed by atoms with Gasteiger partial charge in [0.25, 0.3) is 0 Å². The summed E-state index contributed by atoms with van der Waals surface area (Å²) in [6, 6.07) is 0.0150. The molecule has 15 heavy (non-hydrogen) atoms. The van der Waals surface area contributed by atoms with E-state index in [1.54, 1.807) is 4.90 Å². The first-order valence-corrected chi connectivity index (χ1v) is 5.53. The Kier molecular flexibility index (Phi) is 4.84. The summed E-state index contributed by atoms with van der Waals surface area (Å²) in [4.78, 5) is 12.9. The molecule has 5 nitrogen and oxygen atoms in total. The summed E-state index contributed by atoms with van der Waals surface area (Å²) < 4.78 is 0. The largest absolute Gasteiger partial charge is 0.392 e. The van der Waals surface area contributed by atoms with Crippen molar-refractivity contribution in [1.29, 1.82) is 0 Å². The number of hydrogen-bond acceptors (Lipinski definition) is 3. The number of amides is 2. The molecule has 0 aliphatic carbocycles. The molecular formula is C10H21N3O2. The number of nitrogens with one attached hydrogen (secondary N) is 2. The zero-order valence-corrected chi connectivity index (χ0v) is 9.49. The summed E-state index contributed by atoms with van der Waals surface area (Å²) >= 11 is 0. The minimum absolute atomic E-state index is 0.0150. The van der Waals surface area contributed by atoms with Gasteiger partial charge in [-0.1, -0.05) is 13.8 Å². The Morgan fingerprint density at radius 3 is 2.87 bits per heavy atom. The van der Waals surface area contributed by atoms with Crippen molar-refractivity contribution in [3.8, 4) is 0 Å². The van der Waals surface area contributed by atoms with E-state index in [-0.39, 0.29) is 18.1 Å². The average molecular weight is 215 g/mol. The Hall–Kier alpha value is -0.810. The number of urea groups is 1. The van der Waals surface area contributed by atoms with Crippen molar-refractivity contribution in [1.82, 2.24) is 15.5 Å². The Bertz CT molecular complexity index is 209. The van der Waals surface area contributed by atoms with Crippen LogP contribution in [-0.4, -0.2) is 54.9 Å². The lowest BCUT2D eigenvalue weighted by molar-refractivity contribution is 0.123. The molecule has 1 aliphatic heterocycles. The van der Waals surface area contributed by atoms with E-state index in [2.05, 4.69) is 10.6 Å². The summed E-state index contributed by atoms with van der Waals surface area (Å²) in [6.07, 6.45) is -0.308. The van der Waals surface area contributed by atoms with Gasteiger partial charge in [0.2, 0.25) is 0 Å². The predicted molar refractivity (Wildman–Crippen MR) is 58.7 cm³/mol. The average Bonchev–Trinajstić information content (AvgIpc) is 2.58. The Morgan fingerprint density at radius 1 is 1.60 bits per heavy atom. The molecule has 1 fully saturated rings. The van der Waals surface area contributed by atoms with E-state index in [0.29, 0.717) is 13.1 Å². The molecule has 0 aromatic carbocycles. The second-order valence-electron chi connectivity index (χ2n) is 4.23. The first-order valence-electron chi connectivity index (χ1n) is 5.53. The minimum atomic E-state index is -0.308. The Morgan fingerprint density at radius 2 is 2.33 bits per heavy atom. The molecule has 0 aromatic heterocycles. The highest BCUT2D eigenvalue weighted by Crippen LogP contribution is 1.99. The van der Waals surface area contributed by atoms with Crippen molar-refractivity contribution >= 4 is 6.03 Å². The van der Waals surface area contributed by atoms with E-state index in [4.69, 9.17) is 0 Å². The molecule has 1 saturated heterocycles. The van der Waals surface area contributed by atoms with Crippen LogP contribution in [0.1, 0.15) is 13.8 Å². The number of nitrogens with zero attached hydrogens (tertiary/aromatic N) is 1. The molecular weight excluding hydrogens is 194 g/mol. The van der Waals surface area contributed by atoms with Crippen LogP contribution in [0.5, 0.6) is 0 Å². The van der Waals surface area contributed by atoms with Gasteiger partial charge in [-0.3, -0.25) is 0 Å². The number of carbonyl (C=O) groups is 1. The van der Waals surface area contributed by atoms with E-state index in [9.17, 15) is 9.90 Å². The van der Waals surface area contributed by atoms with Crippen LogP contribution in [0.25, 0.3) is 0 Å². The van der Waals surface area contributed by atoms with E-state index < -0.39 is 0 Å². The third kappa shape index (κ3) is 4.05.